The van der Waals surface area contributed by atoms with Crippen molar-refractivity contribution in [3.05, 3.63) is 47.3 Å². The molecule has 154 valence electrons. The molecule has 0 atom stereocenters. The van der Waals surface area contributed by atoms with Crippen LogP contribution in [0.2, 0.25) is 0 Å². The smallest absolute Gasteiger partial charge is 0.251 e. The highest BCUT2D eigenvalue weighted by molar-refractivity contribution is 5.97. The van der Waals surface area contributed by atoms with Crippen molar-refractivity contribution in [2.75, 3.05) is 38.0 Å². The van der Waals surface area contributed by atoms with Crippen LogP contribution in [0.3, 0.4) is 0 Å². The Kier molecular flexibility index (Phi) is 5.92. The molecule has 4 rings (SSSR count). The van der Waals surface area contributed by atoms with E-state index in [-0.39, 0.29) is 11.8 Å². The molecule has 8 heteroatoms. The van der Waals surface area contributed by atoms with Gasteiger partial charge in [0, 0.05) is 56.1 Å². The van der Waals surface area contributed by atoms with Crippen molar-refractivity contribution in [1.82, 2.24) is 20.3 Å². The lowest BCUT2D eigenvalue weighted by atomic mass is 10.2. The summed E-state index contributed by atoms with van der Waals surface area (Å²) in [6, 6.07) is 9.37. The average molecular weight is 397 g/mol. The van der Waals surface area contributed by atoms with Crippen molar-refractivity contribution < 1.29 is 14.1 Å². The van der Waals surface area contributed by atoms with Crippen LogP contribution < -0.4 is 10.6 Å². The average Bonchev–Trinajstić information content (AvgIpc) is 3.42. The molecule has 1 aromatic heterocycles. The van der Waals surface area contributed by atoms with Crippen molar-refractivity contribution in [3.8, 4) is 0 Å². The van der Waals surface area contributed by atoms with Gasteiger partial charge in [-0.05, 0) is 38.0 Å². The topological polar surface area (TPSA) is 90.7 Å². The fraction of sp³-hybridized carbons (Fsp3) is 0.476. The van der Waals surface area contributed by atoms with Crippen molar-refractivity contribution in [3.63, 3.8) is 0 Å². The first kappa shape index (κ1) is 19.6. The molecule has 0 radical (unpaired) electrons. The molecule has 1 aromatic carbocycles. The molecule has 2 amide bonds. The predicted molar refractivity (Wildman–Crippen MR) is 109 cm³/mol. The highest BCUT2D eigenvalue weighted by Gasteiger charge is 2.24. The zero-order valence-electron chi connectivity index (χ0n) is 16.7. The third-order valence-electron chi connectivity index (χ3n) is 5.22. The molecule has 8 nitrogen and oxygen atoms in total. The third-order valence-corrected chi connectivity index (χ3v) is 5.22. The molecule has 1 aliphatic carbocycles. The number of anilines is 1. The summed E-state index contributed by atoms with van der Waals surface area (Å²) in [5.74, 6) is 0.678. The number of aryl methyl sites for hydroxylation is 1. The standard InChI is InChI=1S/C21H27N5O3/c1-15-11-19(24-29-15)13-25-7-9-26(10-8-25)14-20(27)22-18-4-2-3-16(12-18)21(28)23-17-5-6-17/h2-4,11-12,17H,5-10,13-14H2,1H3,(H,22,27)(H,23,28). The molecule has 2 aromatic rings. The van der Waals surface area contributed by atoms with Crippen molar-refractivity contribution >= 4 is 17.5 Å². The molecule has 1 saturated heterocycles. The number of hydrogen-bond donors (Lipinski definition) is 2. The van der Waals surface area contributed by atoms with Gasteiger partial charge < -0.3 is 15.2 Å². The number of nitrogens with one attached hydrogen (secondary N) is 2. The SMILES string of the molecule is Cc1cc(CN2CCN(CC(=O)Nc3cccc(C(=O)NC4CC4)c3)CC2)no1. The molecule has 2 heterocycles. The number of hydrogen-bond acceptors (Lipinski definition) is 6. The minimum atomic E-state index is -0.0815. The van der Waals surface area contributed by atoms with E-state index in [0.717, 1.165) is 57.0 Å². The summed E-state index contributed by atoms with van der Waals surface area (Å²) in [6.07, 6.45) is 2.10. The van der Waals surface area contributed by atoms with E-state index in [1.54, 1.807) is 18.2 Å². The van der Waals surface area contributed by atoms with Crippen molar-refractivity contribution in [2.45, 2.75) is 32.4 Å². The second-order valence-electron chi connectivity index (χ2n) is 7.86. The molecule has 2 N–H and O–H groups in total. The van der Waals surface area contributed by atoms with E-state index in [1.165, 1.54) is 0 Å². The van der Waals surface area contributed by atoms with Crippen LogP contribution in [0.1, 0.15) is 34.7 Å². The van der Waals surface area contributed by atoms with Gasteiger partial charge in [-0.2, -0.15) is 0 Å². The largest absolute Gasteiger partial charge is 0.361 e. The zero-order valence-corrected chi connectivity index (χ0v) is 16.7. The Balaban J connectivity index is 1.22. The maximum Gasteiger partial charge on any atom is 0.251 e. The minimum Gasteiger partial charge on any atom is -0.361 e. The summed E-state index contributed by atoms with van der Waals surface area (Å²) in [7, 11) is 0. The number of carbonyl (C=O) groups excluding carboxylic acids is 2. The second kappa shape index (κ2) is 8.75. The van der Waals surface area contributed by atoms with Gasteiger partial charge >= 0.3 is 0 Å². The van der Waals surface area contributed by atoms with Crippen molar-refractivity contribution in [1.29, 1.82) is 0 Å². The lowest BCUT2D eigenvalue weighted by Crippen LogP contribution is -2.48. The van der Waals surface area contributed by atoms with Gasteiger partial charge in [0.15, 0.2) is 0 Å². The van der Waals surface area contributed by atoms with Gasteiger partial charge in [-0.15, -0.1) is 0 Å². The first-order chi connectivity index (χ1) is 14.0. The number of benzene rings is 1. The number of nitrogens with zero attached hydrogens (tertiary/aromatic N) is 3. The maximum absolute atomic E-state index is 12.4. The Morgan fingerprint density at radius 1 is 1.14 bits per heavy atom. The normalized spacial score (nSPS) is 17.8. The Hall–Kier alpha value is -2.71. The van der Waals surface area contributed by atoms with Crippen LogP contribution in [0.25, 0.3) is 0 Å². The van der Waals surface area contributed by atoms with E-state index in [4.69, 9.17) is 4.52 Å². The van der Waals surface area contributed by atoms with E-state index >= 15 is 0 Å². The highest BCUT2D eigenvalue weighted by atomic mass is 16.5. The first-order valence-electron chi connectivity index (χ1n) is 10.1. The molecule has 1 saturated carbocycles. The minimum absolute atomic E-state index is 0.0645. The van der Waals surface area contributed by atoms with E-state index in [2.05, 4.69) is 25.6 Å². The quantitative estimate of drug-likeness (QED) is 0.738. The number of carbonyl (C=O) groups is 2. The maximum atomic E-state index is 12.4. The lowest BCUT2D eigenvalue weighted by Gasteiger charge is -2.33. The summed E-state index contributed by atoms with van der Waals surface area (Å²) in [5, 5.41) is 9.91. The molecular weight excluding hydrogens is 370 g/mol. The van der Waals surface area contributed by atoms with Gasteiger partial charge in [0.2, 0.25) is 5.91 Å². The Morgan fingerprint density at radius 2 is 1.90 bits per heavy atom. The predicted octanol–water partition coefficient (Wildman–Crippen LogP) is 1.63. The van der Waals surface area contributed by atoms with Gasteiger partial charge in [-0.25, -0.2) is 0 Å². The summed E-state index contributed by atoms with van der Waals surface area (Å²) < 4.78 is 5.12. The number of amides is 2. The van der Waals surface area contributed by atoms with Gasteiger partial charge in [-0.1, -0.05) is 11.2 Å². The number of aromatic nitrogens is 1. The van der Waals surface area contributed by atoms with E-state index in [9.17, 15) is 9.59 Å². The van der Waals surface area contributed by atoms with Gasteiger partial charge in [0.25, 0.3) is 5.91 Å². The monoisotopic (exact) mass is 397 g/mol. The number of piperazine rings is 1. The summed E-state index contributed by atoms with van der Waals surface area (Å²) in [5.41, 5.74) is 2.17. The van der Waals surface area contributed by atoms with Crippen LogP contribution in [0, 0.1) is 6.92 Å². The highest BCUT2D eigenvalue weighted by Crippen LogP contribution is 2.20. The summed E-state index contributed by atoms with van der Waals surface area (Å²) >= 11 is 0. The number of rotatable bonds is 7. The molecule has 29 heavy (non-hydrogen) atoms. The molecule has 2 aliphatic rings. The third kappa shape index (κ3) is 5.65. The van der Waals surface area contributed by atoms with Gasteiger partial charge in [0.1, 0.15) is 5.76 Å². The molecule has 1 aliphatic heterocycles. The molecule has 0 spiro atoms. The summed E-state index contributed by atoms with van der Waals surface area (Å²) in [4.78, 5) is 29.1. The molecular formula is C21H27N5O3. The second-order valence-corrected chi connectivity index (χ2v) is 7.86. The van der Waals surface area contributed by atoms with Crippen LogP contribution in [-0.4, -0.2) is 65.5 Å². The lowest BCUT2D eigenvalue weighted by molar-refractivity contribution is -0.117. The van der Waals surface area contributed by atoms with E-state index in [1.807, 2.05) is 19.1 Å². The molecule has 0 bridgehead atoms. The van der Waals surface area contributed by atoms with Crippen LogP contribution in [0.4, 0.5) is 5.69 Å². The fourth-order valence-corrected chi connectivity index (χ4v) is 3.47. The van der Waals surface area contributed by atoms with Gasteiger partial charge in [0.05, 0.1) is 12.2 Å². The van der Waals surface area contributed by atoms with E-state index < -0.39 is 0 Å². The summed E-state index contributed by atoms with van der Waals surface area (Å²) in [6.45, 7) is 6.43. The van der Waals surface area contributed by atoms with Crippen LogP contribution in [-0.2, 0) is 11.3 Å². The van der Waals surface area contributed by atoms with Crippen LogP contribution >= 0.6 is 0 Å². The zero-order chi connectivity index (χ0) is 20.2. The molecule has 2 fully saturated rings. The Morgan fingerprint density at radius 3 is 2.59 bits per heavy atom. The van der Waals surface area contributed by atoms with Gasteiger partial charge in [-0.3, -0.25) is 19.4 Å². The van der Waals surface area contributed by atoms with Crippen LogP contribution in [0.5, 0.6) is 0 Å². The van der Waals surface area contributed by atoms with Crippen LogP contribution in [0.15, 0.2) is 34.9 Å². The van der Waals surface area contributed by atoms with E-state index in [0.29, 0.717) is 23.8 Å². The Labute approximate surface area is 170 Å². The fourth-order valence-electron chi connectivity index (χ4n) is 3.47. The first-order valence-corrected chi connectivity index (χ1v) is 10.1. The Bertz CT molecular complexity index is 869. The van der Waals surface area contributed by atoms with Crippen molar-refractivity contribution in [2.24, 2.45) is 0 Å². The molecule has 0 unspecified atom stereocenters.